The molecule has 0 saturated heterocycles. The highest BCUT2D eigenvalue weighted by atomic mass is 16.5. The highest BCUT2D eigenvalue weighted by Gasteiger charge is 2.46. The van der Waals surface area contributed by atoms with Gasteiger partial charge >= 0.3 is 0 Å². The molecule has 3 heteroatoms. The van der Waals surface area contributed by atoms with Gasteiger partial charge in [-0.1, -0.05) is 97.1 Å². The summed E-state index contributed by atoms with van der Waals surface area (Å²) in [7, 11) is 3.46. The molecule has 0 saturated carbocycles. The predicted molar refractivity (Wildman–Crippen MR) is 176 cm³/mol. The van der Waals surface area contributed by atoms with E-state index in [0.29, 0.717) is 13.2 Å². The van der Waals surface area contributed by atoms with Crippen LogP contribution in [0.2, 0.25) is 0 Å². The summed E-state index contributed by atoms with van der Waals surface area (Å²) in [5.74, 6) is 0.861. The van der Waals surface area contributed by atoms with Crippen LogP contribution >= 0.6 is 0 Å². The Bertz CT molecular complexity index is 1780. The molecular weight excluding hydrogens is 528 g/mol. The molecule has 1 aliphatic carbocycles. The molecule has 43 heavy (non-hydrogen) atoms. The van der Waals surface area contributed by atoms with Crippen molar-refractivity contribution in [2.75, 3.05) is 34.0 Å². The number of ether oxygens (including phenoxy) is 3. The molecule has 0 unspecified atom stereocenters. The average Bonchev–Trinajstić information content (AvgIpc) is 3.36. The molecule has 214 valence electrons. The van der Waals surface area contributed by atoms with E-state index in [2.05, 4.69) is 121 Å². The third-order valence-corrected chi connectivity index (χ3v) is 8.90. The number of methoxy groups -OCH3 is 2. The molecule has 0 aromatic heterocycles. The fraction of sp³-hybridized carbons (Fsp3) is 0.200. The number of fused-ring (bicyclic) bond motifs is 5. The van der Waals surface area contributed by atoms with Gasteiger partial charge in [-0.3, -0.25) is 0 Å². The summed E-state index contributed by atoms with van der Waals surface area (Å²) in [5, 5.41) is 4.88. The lowest BCUT2D eigenvalue weighted by Gasteiger charge is -2.34. The minimum absolute atomic E-state index is 0.444. The molecule has 0 atom stereocenters. The van der Waals surface area contributed by atoms with Crippen molar-refractivity contribution in [3.05, 3.63) is 149 Å². The molecule has 0 radical (unpaired) electrons. The minimum atomic E-state index is -0.444. The lowest BCUT2D eigenvalue weighted by Crippen LogP contribution is -2.28. The molecule has 0 aliphatic heterocycles. The van der Waals surface area contributed by atoms with Gasteiger partial charge in [-0.25, -0.2) is 0 Å². The third kappa shape index (κ3) is 4.79. The van der Waals surface area contributed by atoms with Crippen LogP contribution in [-0.4, -0.2) is 34.0 Å². The summed E-state index contributed by atoms with van der Waals surface area (Å²) in [6, 6.07) is 45.1. The Kier molecular flexibility index (Phi) is 7.44. The zero-order valence-corrected chi connectivity index (χ0v) is 24.8. The first-order valence-corrected chi connectivity index (χ1v) is 15.1. The average molecular weight is 565 g/mol. The first kappa shape index (κ1) is 27.4. The first-order chi connectivity index (χ1) is 21.2. The number of aryl methyl sites for hydroxylation is 1. The molecule has 0 spiro atoms. The maximum atomic E-state index is 5.91. The van der Waals surface area contributed by atoms with Crippen LogP contribution in [0.25, 0.3) is 32.7 Å². The van der Waals surface area contributed by atoms with Crippen molar-refractivity contribution in [3.8, 4) is 16.9 Å². The van der Waals surface area contributed by atoms with E-state index in [1.807, 2.05) is 0 Å². The van der Waals surface area contributed by atoms with Gasteiger partial charge in [0.15, 0.2) is 0 Å². The molecule has 6 aromatic rings. The quantitative estimate of drug-likeness (QED) is 0.155. The fourth-order valence-electron chi connectivity index (χ4n) is 6.92. The van der Waals surface area contributed by atoms with E-state index >= 15 is 0 Å². The second kappa shape index (κ2) is 11.7. The SMILES string of the molecule is COCCCc1ccc2cc(C3(c4ccc5cc(OCCOC)ccc5c4)c4ccccc4-c4ccccc43)ccc2c1. The van der Waals surface area contributed by atoms with Crippen LogP contribution < -0.4 is 4.74 Å². The van der Waals surface area contributed by atoms with Crippen molar-refractivity contribution >= 4 is 21.5 Å². The highest BCUT2D eigenvalue weighted by Crippen LogP contribution is 2.56. The van der Waals surface area contributed by atoms with Crippen LogP contribution in [-0.2, 0) is 21.3 Å². The largest absolute Gasteiger partial charge is 0.491 e. The molecule has 0 amide bonds. The second-order valence-corrected chi connectivity index (χ2v) is 11.4. The van der Waals surface area contributed by atoms with Crippen molar-refractivity contribution in [2.24, 2.45) is 0 Å². The van der Waals surface area contributed by atoms with E-state index in [1.54, 1.807) is 14.2 Å². The topological polar surface area (TPSA) is 27.7 Å². The smallest absolute Gasteiger partial charge is 0.120 e. The number of rotatable bonds is 10. The Hall–Kier alpha value is -4.44. The molecule has 3 nitrogen and oxygen atoms in total. The summed E-state index contributed by atoms with van der Waals surface area (Å²) in [6.45, 7) is 1.89. The highest BCUT2D eigenvalue weighted by molar-refractivity contribution is 5.92. The maximum Gasteiger partial charge on any atom is 0.120 e. The fourth-order valence-corrected chi connectivity index (χ4v) is 6.92. The van der Waals surface area contributed by atoms with Gasteiger partial charge in [-0.15, -0.1) is 0 Å². The van der Waals surface area contributed by atoms with Crippen molar-refractivity contribution < 1.29 is 14.2 Å². The molecule has 7 rings (SSSR count). The summed E-state index contributed by atoms with van der Waals surface area (Å²) in [5.41, 5.74) is 8.70. The number of hydrogen-bond donors (Lipinski definition) is 0. The predicted octanol–water partition coefficient (Wildman–Crippen LogP) is 8.96. The monoisotopic (exact) mass is 564 g/mol. The van der Waals surface area contributed by atoms with Crippen LogP contribution in [0.4, 0.5) is 0 Å². The van der Waals surface area contributed by atoms with Gasteiger partial charge in [0.2, 0.25) is 0 Å². The molecule has 0 fully saturated rings. The summed E-state index contributed by atoms with van der Waals surface area (Å²) in [4.78, 5) is 0. The molecular formula is C40H36O3. The van der Waals surface area contributed by atoms with Crippen LogP contribution in [0.15, 0.2) is 121 Å². The number of hydrogen-bond acceptors (Lipinski definition) is 3. The van der Waals surface area contributed by atoms with Crippen molar-refractivity contribution in [2.45, 2.75) is 18.3 Å². The molecule has 0 heterocycles. The van der Waals surface area contributed by atoms with Crippen LogP contribution in [0.3, 0.4) is 0 Å². The summed E-state index contributed by atoms with van der Waals surface area (Å²) >= 11 is 0. The van der Waals surface area contributed by atoms with Gasteiger partial charge in [0.05, 0.1) is 12.0 Å². The van der Waals surface area contributed by atoms with Crippen molar-refractivity contribution in [3.63, 3.8) is 0 Å². The van der Waals surface area contributed by atoms with Crippen molar-refractivity contribution in [1.82, 2.24) is 0 Å². The van der Waals surface area contributed by atoms with E-state index in [4.69, 9.17) is 14.2 Å². The Morgan fingerprint density at radius 3 is 1.72 bits per heavy atom. The maximum absolute atomic E-state index is 5.91. The van der Waals surface area contributed by atoms with Gasteiger partial charge in [-0.2, -0.15) is 0 Å². The third-order valence-electron chi connectivity index (χ3n) is 8.90. The lowest BCUT2D eigenvalue weighted by atomic mass is 9.67. The van der Waals surface area contributed by atoms with Gasteiger partial charge in [-0.05, 0) is 97.6 Å². The van der Waals surface area contributed by atoms with Crippen LogP contribution in [0.5, 0.6) is 5.75 Å². The zero-order chi connectivity index (χ0) is 29.2. The summed E-state index contributed by atoms with van der Waals surface area (Å²) in [6.07, 6.45) is 2.05. The van der Waals surface area contributed by atoms with Gasteiger partial charge in [0.25, 0.3) is 0 Å². The van der Waals surface area contributed by atoms with E-state index in [-0.39, 0.29) is 0 Å². The second-order valence-electron chi connectivity index (χ2n) is 11.4. The summed E-state index contributed by atoms with van der Waals surface area (Å²) < 4.78 is 16.3. The molecule has 0 N–H and O–H groups in total. The van der Waals surface area contributed by atoms with E-state index in [1.165, 1.54) is 55.1 Å². The van der Waals surface area contributed by atoms with Gasteiger partial charge < -0.3 is 14.2 Å². The first-order valence-electron chi connectivity index (χ1n) is 15.1. The lowest BCUT2D eigenvalue weighted by molar-refractivity contribution is 0.146. The number of benzene rings is 6. The molecule has 0 bridgehead atoms. The van der Waals surface area contributed by atoms with Crippen LogP contribution in [0.1, 0.15) is 34.2 Å². The minimum Gasteiger partial charge on any atom is -0.491 e. The Morgan fingerprint density at radius 1 is 0.512 bits per heavy atom. The zero-order valence-electron chi connectivity index (χ0n) is 24.8. The molecule has 1 aliphatic rings. The Morgan fingerprint density at radius 2 is 1.07 bits per heavy atom. The molecule has 6 aromatic carbocycles. The van der Waals surface area contributed by atoms with Crippen molar-refractivity contribution in [1.29, 1.82) is 0 Å². The van der Waals surface area contributed by atoms with Gasteiger partial charge in [0.1, 0.15) is 12.4 Å². The van der Waals surface area contributed by atoms with E-state index in [0.717, 1.165) is 30.6 Å². The normalized spacial score (nSPS) is 13.3. The van der Waals surface area contributed by atoms with E-state index in [9.17, 15) is 0 Å². The van der Waals surface area contributed by atoms with Gasteiger partial charge in [0, 0.05) is 20.8 Å². The van der Waals surface area contributed by atoms with E-state index < -0.39 is 5.41 Å². The standard InChI is InChI=1S/C40H36O3/c1-41-21-7-8-28-13-14-30-25-33(18-15-29(30)24-28)40(38-11-5-3-9-36(38)37-10-4-6-12-39(37)40)34-19-16-32-27-35(43-23-22-42-2)20-17-31(32)26-34/h3-6,9-20,24-27H,7-8,21-23H2,1-2H3. The van der Waals surface area contributed by atoms with Crippen LogP contribution in [0, 0.1) is 0 Å². The Labute approximate surface area is 253 Å². The Balaban J connectivity index is 1.41.